The summed E-state index contributed by atoms with van der Waals surface area (Å²) >= 11 is 0. The summed E-state index contributed by atoms with van der Waals surface area (Å²) in [6, 6.07) is 4.86. The first-order chi connectivity index (χ1) is 9.15. The third-order valence-electron chi connectivity index (χ3n) is 2.63. The lowest BCUT2D eigenvalue weighted by atomic mass is 10.2. The molecule has 0 saturated heterocycles. The van der Waals surface area contributed by atoms with Crippen molar-refractivity contribution in [1.29, 1.82) is 0 Å². The first-order valence-corrected chi connectivity index (χ1v) is 5.76. The van der Waals surface area contributed by atoms with Crippen LogP contribution in [0.4, 0.5) is 0 Å². The molecule has 0 aliphatic heterocycles. The molecular weight excluding hydrogens is 248 g/mol. The van der Waals surface area contributed by atoms with Crippen molar-refractivity contribution in [3.63, 3.8) is 0 Å². The van der Waals surface area contributed by atoms with Crippen molar-refractivity contribution < 1.29 is 19.4 Å². The normalized spacial score (nSPS) is 10.2. The number of carbonyl (C=O) groups is 1. The van der Waals surface area contributed by atoms with Crippen LogP contribution in [0, 0.1) is 0 Å². The maximum atomic E-state index is 10.9. The number of ether oxygens (including phenoxy) is 2. The van der Waals surface area contributed by atoms with Gasteiger partial charge in [0, 0.05) is 18.9 Å². The Labute approximate surface area is 110 Å². The van der Waals surface area contributed by atoms with E-state index in [0.29, 0.717) is 17.5 Å². The molecule has 0 bridgehead atoms. The molecule has 0 amide bonds. The van der Waals surface area contributed by atoms with Crippen LogP contribution in [0.2, 0.25) is 0 Å². The summed E-state index contributed by atoms with van der Waals surface area (Å²) in [6.45, 7) is 2.70. The lowest BCUT2D eigenvalue weighted by molar-refractivity contribution is 0.0696. The number of imidazole rings is 1. The Balaban J connectivity index is 2.32. The summed E-state index contributed by atoms with van der Waals surface area (Å²) in [5.41, 5.74) is 0.142. The summed E-state index contributed by atoms with van der Waals surface area (Å²) in [6.07, 6.45) is 3.43. The number of hydrogen-bond acceptors (Lipinski definition) is 4. The summed E-state index contributed by atoms with van der Waals surface area (Å²) in [5.74, 6) is -0.237. The fraction of sp³-hybridized carbons (Fsp3) is 0.231. The average molecular weight is 262 g/mol. The molecule has 6 heteroatoms. The number of benzene rings is 1. The van der Waals surface area contributed by atoms with Gasteiger partial charge < -0.3 is 19.1 Å². The van der Waals surface area contributed by atoms with Crippen LogP contribution >= 0.6 is 0 Å². The minimum Gasteiger partial charge on any atom is -0.493 e. The summed E-state index contributed by atoms with van der Waals surface area (Å²) in [7, 11) is 1.46. The van der Waals surface area contributed by atoms with E-state index < -0.39 is 5.97 Å². The molecule has 0 aliphatic carbocycles. The van der Waals surface area contributed by atoms with E-state index in [1.165, 1.54) is 19.2 Å². The van der Waals surface area contributed by atoms with E-state index in [1.54, 1.807) is 18.5 Å². The van der Waals surface area contributed by atoms with Gasteiger partial charge in [0.05, 0.1) is 12.7 Å². The van der Waals surface area contributed by atoms with Gasteiger partial charge in [0.25, 0.3) is 0 Å². The molecule has 0 atom stereocenters. The largest absolute Gasteiger partial charge is 0.493 e. The van der Waals surface area contributed by atoms with Gasteiger partial charge >= 0.3 is 12.0 Å². The summed E-state index contributed by atoms with van der Waals surface area (Å²) in [4.78, 5) is 15.0. The van der Waals surface area contributed by atoms with Crippen LogP contribution in [0.3, 0.4) is 0 Å². The zero-order chi connectivity index (χ0) is 13.8. The number of aryl methyl sites for hydroxylation is 1. The Morgan fingerprint density at radius 3 is 2.84 bits per heavy atom. The molecule has 0 fully saturated rings. The number of methoxy groups -OCH3 is 1. The molecule has 0 saturated carbocycles. The van der Waals surface area contributed by atoms with E-state index in [1.807, 2.05) is 11.5 Å². The highest BCUT2D eigenvalue weighted by atomic mass is 16.5. The first-order valence-electron chi connectivity index (χ1n) is 5.76. The highest BCUT2D eigenvalue weighted by Crippen LogP contribution is 2.31. The predicted molar refractivity (Wildman–Crippen MR) is 67.9 cm³/mol. The van der Waals surface area contributed by atoms with Gasteiger partial charge in [-0.25, -0.2) is 9.78 Å². The van der Waals surface area contributed by atoms with E-state index in [0.717, 1.165) is 6.54 Å². The lowest BCUT2D eigenvalue weighted by Gasteiger charge is -2.11. The van der Waals surface area contributed by atoms with E-state index in [4.69, 9.17) is 14.6 Å². The monoisotopic (exact) mass is 262 g/mol. The molecule has 19 heavy (non-hydrogen) atoms. The van der Waals surface area contributed by atoms with Crippen molar-refractivity contribution in [3.8, 4) is 17.5 Å². The number of nitrogens with zero attached hydrogens (tertiary/aromatic N) is 2. The number of rotatable bonds is 5. The molecule has 0 spiro atoms. The SMILES string of the molecule is CCn1ccnc1Oc1ccc(C(=O)O)cc1OC. The molecule has 1 heterocycles. The number of hydrogen-bond donors (Lipinski definition) is 1. The van der Waals surface area contributed by atoms with Crippen LogP contribution in [0.15, 0.2) is 30.6 Å². The van der Waals surface area contributed by atoms with Gasteiger partial charge in [-0.1, -0.05) is 0 Å². The summed E-state index contributed by atoms with van der Waals surface area (Å²) < 4.78 is 12.6. The molecule has 100 valence electrons. The molecule has 1 N–H and O–H groups in total. The van der Waals surface area contributed by atoms with Gasteiger partial charge in [0.15, 0.2) is 11.5 Å². The van der Waals surface area contributed by atoms with E-state index in [2.05, 4.69) is 4.98 Å². The van der Waals surface area contributed by atoms with Crippen LogP contribution in [0.25, 0.3) is 0 Å². The quantitative estimate of drug-likeness (QED) is 0.895. The van der Waals surface area contributed by atoms with Crippen molar-refractivity contribution in [2.45, 2.75) is 13.5 Å². The number of aromatic carboxylic acids is 1. The maximum Gasteiger partial charge on any atom is 0.335 e. The smallest absolute Gasteiger partial charge is 0.335 e. The third kappa shape index (κ3) is 2.67. The van der Waals surface area contributed by atoms with Crippen LogP contribution in [-0.4, -0.2) is 27.7 Å². The van der Waals surface area contributed by atoms with E-state index in [-0.39, 0.29) is 5.56 Å². The zero-order valence-corrected chi connectivity index (χ0v) is 10.7. The zero-order valence-electron chi connectivity index (χ0n) is 10.7. The molecule has 0 unspecified atom stereocenters. The Bertz CT molecular complexity index is 592. The Morgan fingerprint density at radius 2 is 2.21 bits per heavy atom. The van der Waals surface area contributed by atoms with Crippen molar-refractivity contribution in [3.05, 3.63) is 36.2 Å². The third-order valence-corrected chi connectivity index (χ3v) is 2.63. The number of carboxylic acid groups (broad SMARTS) is 1. The standard InChI is InChI=1S/C13H14N2O4/c1-3-15-7-6-14-13(15)19-10-5-4-9(12(16)17)8-11(10)18-2/h4-8H,3H2,1-2H3,(H,16,17). The first kappa shape index (κ1) is 12.9. The second kappa shape index (κ2) is 5.43. The number of aromatic nitrogens is 2. The van der Waals surface area contributed by atoms with Crippen LogP contribution in [0.1, 0.15) is 17.3 Å². The fourth-order valence-corrected chi connectivity index (χ4v) is 1.62. The van der Waals surface area contributed by atoms with E-state index >= 15 is 0 Å². The van der Waals surface area contributed by atoms with Gasteiger partial charge in [-0.15, -0.1) is 0 Å². The molecule has 0 radical (unpaired) electrons. The van der Waals surface area contributed by atoms with Crippen LogP contribution in [0.5, 0.6) is 17.5 Å². The highest BCUT2D eigenvalue weighted by molar-refractivity contribution is 5.88. The maximum absolute atomic E-state index is 10.9. The van der Waals surface area contributed by atoms with Crippen molar-refractivity contribution >= 4 is 5.97 Å². The van der Waals surface area contributed by atoms with Gasteiger partial charge in [-0.05, 0) is 25.1 Å². The lowest BCUT2D eigenvalue weighted by Crippen LogP contribution is -2.01. The highest BCUT2D eigenvalue weighted by Gasteiger charge is 2.12. The van der Waals surface area contributed by atoms with Crippen LogP contribution in [-0.2, 0) is 6.54 Å². The second-order valence-electron chi connectivity index (χ2n) is 3.77. The van der Waals surface area contributed by atoms with Gasteiger partial charge in [-0.2, -0.15) is 0 Å². The van der Waals surface area contributed by atoms with Gasteiger partial charge in [-0.3, -0.25) is 0 Å². The van der Waals surface area contributed by atoms with Crippen LogP contribution < -0.4 is 9.47 Å². The summed E-state index contributed by atoms with van der Waals surface area (Å²) in [5, 5.41) is 8.92. The van der Waals surface area contributed by atoms with Crippen molar-refractivity contribution in [1.82, 2.24) is 9.55 Å². The molecule has 1 aromatic heterocycles. The Hall–Kier alpha value is -2.50. The predicted octanol–water partition coefficient (Wildman–Crippen LogP) is 2.40. The molecule has 0 aliphatic rings. The van der Waals surface area contributed by atoms with E-state index in [9.17, 15) is 4.79 Å². The number of carboxylic acids is 1. The minimum absolute atomic E-state index is 0.142. The molecule has 2 aromatic rings. The Morgan fingerprint density at radius 1 is 1.42 bits per heavy atom. The molecule has 2 rings (SSSR count). The molecule has 1 aromatic carbocycles. The topological polar surface area (TPSA) is 73.6 Å². The Kier molecular flexibility index (Phi) is 3.70. The molecular formula is C13H14N2O4. The van der Waals surface area contributed by atoms with Gasteiger partial charge in [0.1, 0.15) is 0 Å². The van der Waals surface area contributed by atoms with Gasteiger partial charge in [0.2, 0.25) is 0 Å². The van der Waals surface area contributed by atoms with Crippen molar-refractivity contribution in [2.24, 2.45) is 0 Å². The molecule has 6 nitrogen and oxygen atoms in total. The average Bonchev–Trinajstić information content (AvgIpc) is 2.86. The van der Waals surface area contributed by atoms with Crippen molar-refractivity contribution in [2.75, 3.05) is 7.11 Å². The fourth-order valence-electron chi connectivity index (χ4n) is 1.62. The second-order valence-corrected chi connectivity index (χ2v) is 3.77. The minimum atomic E-state index is -1.01.